The molecule has 0 saturated carbocycles. The maximum Gasteiger partial charge on any atom is 0.160 e. The summed E-state index contributed by atoms with van der Waals surface area (Å²) in [6.07, 6.45) is 0. The van der Waals surface area contributed by atoms with Gasteiger partial charge < -0.3 is 18.6 Å². The first kappa shape index (κ1) is 36.8. The minimum absolute atomic E-state index is 0.345. The van der Waals surface area contributed by atoms with Crippen molar-refractivity contribution >= 4 is 78.0 Å². The van der Waals surface area contributed by atoms with E-state index in [0.717, 1.165) is 78.0 Å². The Bertz CT molecular complexity index is 3330. The molecule has 2 aliphatic rings. The molecular formula is C60H44N2O2. The van der Waals surface area contributed by atoms with Crippen LogP contribution in [-0.2, 0) is 10.8 Å². The van der Waals surface area contributed by atoms with Crippen molar-refractivity contribution in [3.8, 4) is 22.3 Å². The van der Waals surface area contributed by atoms with Crippen molar-refractivity contribution in [2.75, 3.05) is 9.80 Å². The average Bonchev–Trinajstić information content (AvgIpc) is 4.03. The van der Waals surface area contributed by atoms with Crippen LogP contribution in [0.5, 0.6) is 0 Å². The fraction of sp³-hybridized carbons (Fsp3) is 0.100. The summed E-state index contributed by atoms with van der Waals surface area (Å²) < 4.78 is 14.1. The van der Waals surface area contributed by atoms with Crippen LogP contribution in [0.1, 0.15) is 49.9 Å². The highest BCUT2D eigenvalue weighted by Crippen LogP contribution is 2.62. The molecule has 13 rings (SSSR count). The molecular weight excluding hydrogens is 781 g/mol. The number of para-hydroxylation sites is 6. The van der Waals surface area contributed by atoms with Gasteiger partial charge in [-0.15, -0.1) is 0 Å². The van der Waals surface area contributed by atoms with Crippen LogP contribution in [0.4, 0.5) is 34.1 Å². The molecule has 0 unspecified atom stereocenters. The molecule has 306 valence electrons. The molecule has 2 aliphatic carbocycles. The molecule has 0 atom stereocenters. The Morgan fingerprint density at radius 3 is 1.00 bits per heavy atom. The van der Waals surface area contributed by atoms with Gasteiger partial charge in [0.25, 0.3) is 0 Å². The zero-order valence-corrected chi connectivity index (χ0v) is 36.2. The summed E-state index contributed by atoms with van der Waals surface area (Å²) >= 11 is 0. The van der Waals surface area contributed by atoms with Gasteiger partial charge in [0.1, 0.15) is 11.2 Å². The van der Waals surface area contributed by atoms with Crippen molar-refractivity contribution in [3.63, 3.8) is 0 Å². The third-order valence-electron chi connectivity index (χ3n) is 14.2. The third-order valence-corrected chi connectivity index (χ3v) is 14.2. The topological polar surface area (TPSA) is 32.8 Å². The minimum Gasteiger partial charge on any atom is -0.454 e. The second-order valence-corrected chi connectivity index (χ2v) is 18.4. The van der Waals surface area contributed by atoms with E-state index in [4.69, 9.17) is 8.83 Å². The summed E-state index contributed by atoms with van der Waals surface area (Å²) in [7, 11) is 0. The molecule has 0 bridgehead atoms. The van der Waals surface area contributed by atoms with Gasteiger partial charge in [-0.1, -0.05) is 137 Å². The number of fused-ring (bicyclic) bond motifs is 14. The molecule has 9 aromatic carbocycles. The molecule has 0 amide bonds. The minimum atomic E-state index is -0.345. The first-order valence-corrected chi connectivity index (χ1v) is 22.3. The normalized spacial score (nSPS) is 14.2. The van der Waals surface area contributed by atoms with Crippen LogP contribution in [0.15, 0.2) is 203 Å². The maximum absolute atomic E-state index is 7.03. The maximum atomic E-state index is 7.03. The van der Waals surface area contributed by atoms with Crippen molar-refractivity contribution < 1.29 is 8.83 Å². The summed E-state index contributed by atoms with van der Waals surface area (Å²) in [6, 6.07) is 69.7. The predicted molar refractivity (Wildman–Crippen MR) is 265 cm³/mol. The van der Waals surface area contributed by atoms with Crippen molar-refractivity contribution in [2.45, 2.75) is 38.5 Å². The molecule has 64 heavy (non-hydrogen) atoms. The standard InChI is InChI=1S/C60H44N2O2/c1-59(2)45-33-44-46(34-43(45)53-47(59)35-49(57-55(53)41-29-17-19-31-51(41)63-57)61(37-21-9-5-10-22-37)38-23-11-6-12-24-38)60(3,4)48-36-50(58-56(54(44)48)42-30-18-20-32-52(42)64-58)62(39-25-13-7-14-26-39)40-27-15-8-16-28-40/h5-36H,1-4H3. The number of nitrogens with zero attached hydrogens (tertiary/aromatic N) is 2. The quantitative estimate of drug-likeness (QED) is 0.167. The Labute approximate surface area is 372 Å². The average molecular weight is 825 g/mol. The molecule has 0 aliphatic heterocycles. The Balaban J connectivity index is 1.10. The molecule has 0 radical (unpaired) electrons. The molecule has 0 fully saturated rings. The van der Waals surface area contributed by atoms with Gasteiger partial charge in [-0.3, -0.25) is 0 Å². The Morgan fingerprint density at radius 2 is 0.656 bits per heavy atom. The van der Waals surface area contributed by atoms with Gasteiger partial charge in [-0.25, -0.2) is 0 Å². The van der Waals surface area contributed by atoms with E-state index in [1.807, 2.05) is 0 Å². The fourth-order valence-corrected chi connectivity index (χ4v) is 11.1. The summed E-state index contributed by atoms with van der Waals surface area (Å²) in [5, 5.41) is 4.57. The Hall–Kier alpha value is -7.82. The smallest absolute Gasteiger partial charge is 0.160 e. The number of hydrogen-bond acceptors (Lipinski definition) is 4. The van der Waals surface area contributed by atoms with Gasteiger partial charge in [0.05, 0.1) is 11.4 Å². The largest absolute Gasteiger partial charge is 0.454 e. The van der Waals surface area contributed by atoms with Crippen LogP contribution >= 0.6 is 0 Å². The number of benzene rings is 9. The summed E-state index contributed by atoms with van der Waals surface area (Å²) in [4.78, 5) is 4.71. The first-order valence-electron chi connectivity index (χ1n) is 22.3. The number of rotatable bonds is 6. The lowest BCUT2D eigenvalue weighted by Crippen LogP contribution is -2.18. The first-order chi connectivity index (χ1) is 31.3. The molecule has 2 aromatic heterocycles. The monoisotopic (exact) mass is 824 g/mol. The van der Waals surface area contributed by atoms with Crippen LogP contribution in [-0.4, -0.2) is 0 Å². The second kappa shape index (κ2) is 13.3. The zero-order valence-electron chi connectivity index (χ0n) is 36.2. The highest BCUT2D eigenvalue weighted by atomic mass is 16.3. The van der Waals surface area contributed by atoms with Gasteiger partial charge in [-0.2, -0.15) is 0 Å². The van der Waals surface area contributed by atoms with E-state index in [9.17, 15) is 0 Å². The van der Waals surface area contributed by atoms with E-state index in [0.29, 0.717) is 0 Å². The van der Waals surface area contributed by atoms with Crippen LogP contribution in [0, 0.1) is 0 Å². The highest BCUT2D eigenvalue weighted by Gasteiger charge is 2.45. The SMILES string of the molecule is CC1(C)c2cc3c(cc2-c2c1cc(N(c1ccccc1)c1ccccc1)c1oc4ccccc4c21)C(C)(C)c1cc(N(c2ccccc2)c2ccccc2)c2oc4ccccc4c2c1-3. The molecule has 4 heteroatoms. The van der Waals surface area contributed by atoms with E-state index in [2.05, 4.69) is 232 Å². The van der Waals surface area contributed by atoms with E-state index < -0.39 is 0 Å². The number of hydrogen-bond donors (Lipinski definition) is 0. The van der Waals surface area contributed by atoms with Crippen LogP contribution in [0.3, 0.4) is 0 Å². The number of anilines is 6. The van der Waals surface area contributed by atoms with Crippen molar-refractivity contribution in [2.24, 2.45) is 0 Å². The highest BCUT2D eigenvalue weighted by molar-refractivity contribution is 6.21. The van der Waals surface area contributed by atoms with Crippen molar-refractivity contribution in [1.29, 1.82) is 0 Å². The van der Waals surface area contributed by atoms with E-state index >= 15 is 0 Å². The van der Waals surface area contributed by atoms with Crippen LogP contribution in [0.25, 0.3) is 66.1 Å². The van der Waals surface area contributed by atoms with Gasteiger partial charge in [0, 0.05) is 55.1 Å². The van der Waals surface area contributed by atoms with Crippen LogP contribution < -0.4 is 9.80 Å². The van der Waals surface area contributed by atoms with E-state index in [-0.39, 0.29) is 10.8 Å². The molecule has 2 heterocycles. The third kappa shape index (κ3) is 5.05. The van der Waals surface area contributed by atoms with Gasteiger partial charge in [0.2, 0.25) is 0 Å². The van der Waals surface area contributed by atoms with Gasteiger partial charge in [-0.05, 0) is 129 Å². The molecule has 0 spiro atoms. The number of furan rings is 2. The van der Waals surface area contributed by atoms with Crippen molar-refractivity contribution in [3.05, 3.63) is 216 Å². The fourth-order valence-electron chi connectivity index (χ4n) is 11.1. The lowest BCUT2D eigenvalue weighted by Gasteiger charge is -2.28. The summed E-state index contributed by atoms with van der Waals surface area (Å²) in [5.41, 5.74) is 19.5. The van der Waals surface area contributed by atoms with Crippen molar-refractivity contribution in [1.82, 2.24) is 0 Å². The molecule has 0 N–H and O–H groups in total. The second-order valence-electron chi connectivity index (χ2n) is 18.4. The van der Waals surface area contributed by atoms with Gasteiger partial charge >= 0.3 is 0 Å². The van der Waals surface area contributed by atoms with E-state index in [1.165, 1.54) is 44.5 Å². The lowest BCUT2D eigenvalue weighted by molar-refractivity contribution is 0.650. The van der Waals surface area contributed by atoms with E-state index in [1.54, 1.807) is 0 Å². The summed E-state index contributed by atoms with van der Waals surface area (Å²) in [5.74, 6) is 0. The molecule has 4 nitrogen and oxygen atoms in total. The molecule has 0 saturated heterocycles. The molecule has 11 aromatic rings. The van der Waals surface area contributed by atoms with Crippen LogP contribution in [0.2, 0.25) is 0 Å². The van der Waals surface area contributed by atoms with Gasteiger partial charge in [0.15, 0.2) is 11.2 Å². The predicted octanol–water partition coefficient (Wildman–Crippen LogP) is 17.0. The Kier molecular flexibility index (Phi) is 7.67. The Morgan fingerprint density at radius 1 is 0.344 bits per heavy atom. The summed E-state index contributed by atoms with van der Waals surface area (Å²) in [6.45, 7) is 9.62. The zero-order chi connectivity index (χ0) is 42.9. The lowest BCUT2D eigenvalue weighted by atomic mass is 9.79.